The summed E-state index contributed by atoms with van der Waals surface area (Å²) in [4.78, 5) is 4.03. The topological polar surface area (TPSA) is 97.1 Å². The minimum atomic E-state index is -3.53. The van der Waals surface area contributed by atoms with Gasteiger partial charge in [-0.15, -0.1) is 0 Å². The second-order valence-corrected chi connectivity index (χ2v) is 6.03. The van der Waals surface area contributed by atoms with Gasteiger partial charge in [0.15, 0.2) is 0 Å². The monoisotopic (exact) mass is 272 g/mol. The SMILES string of the molecule is CCC(C)C(C)NS(=O)(=O)c1ccnc(NN)c1. The largest absolute Gasteiger partial charge is 0.308 e. The molecule has 0 aliphatic rings. The molecule has 0 bridgehead atoms. The lowest BCUT2D eigenvalue weighted by atomic mass is 10.0. The molecular weight excluding hydrogens is 252 g/mol. The van der Waals surface area contributed by atoms with Crippen molar-refractivity contribution in [3.05, 3.63) is 18.3 Å². The molecule has 0 radical (unpaired) electrons. The van der Waals surface area contributed by atoms with E-state index in [1.165, 1.54) is 18.3 Å². The van der Waals surface area contributed by atoms with Crippen molar-refractivity contribution in [3.63, 3.8) is 0 Å². The average Bonchev–Trinajstić information content (AvgIpc) is 2.37. The molecule has 0 spiro atoms. The molecule has 7 heteroatoms. The summed E-state index contributed by atoms with van der Waals surface area (Å²) in [5.41, 5.74) is 2.32. The molecule has 1 heterocycles. The maximum absolute atomic E-state index is 12.1. The van der Waals surface area contributed by atoms with Gasteiger partial charge in [0.05, 0.1) is 4.90 Å². The van der Waals surface area contributed by atoms with Gasteiger partial charge in [0, 0.05) is 18.3 Å². The highest BCUT2D eigenvalue weighted by Crippen LogP contribution is 2.15. The number of pyridine rings is 1. The van der Waals surface area contributed by atoms with Crippen molar-refractivity contribution in [2.75, 3.05) is 5.43 Å². The number of anilines is 1. The molecule has 18 heavy (non-hydrogen) atoms. The van der Waals surface area contributed by atoms with Gasteiger partial charge in [-0.3, -0.25) is 0 Å². The molecule has 0 aliphatic carbocycles. The standard InChI is InChI=1S/C11H20N4O2S/c1-4-8(2)9(3)15-18(16,17)10-5-6-13-11(7-10)14-12/h5-9,15H,4,12H2,1-3H3,(H,13,14). The van der Waals surface area contributed by atoms with Crippen LogP contribution in [0.1, 0.15) is 27.2 Å². The highest BCUT2D eigenvalue weighted by Gasteiger charge is 2.20. The number of rotatable bonds is 6. The number of nitrogens with zero attached hydrogens (tertiary/aromatic N) is 1. The van der Waals surface area contributed by atoms with Crippen LogP contribution in [0, 0.1) is 5.92 Å². The van der Waals surface area contributed by atoms with E-state index in [1.54, 1.807) is 0 Å². The molecule has 2 unspecified atom stereocenters. The van der Waals surface area contributed by atoms with Crippen LogP contribution >= 0.6 is 0 Å². The first-order chi connectivity index (χ1) is 8.40. The Hall–Kier alpha value is -1.18. The minimum Gasteiger partial charge on any atom is -0.308 e. The van der Waals surface area contributed by atoms with E-state index in [0.717, 1.165) is 6.42 Å². The van der Waals surface area contributed by atoms with Gasteiger partial charge in [-0.25, -0.2) is 24.0 Å². The average molecular weight is 272 g/mol. The second-order valence-electron chi connectivity index (χ2n) is 4.32. The smallest absolute Gasteiger partial charge is 0.241 e. The molecule has 0 aliphatic heterocycles. The van der Waals surface area contributed by atoms with Crippen LogP contribution in [0.4, 0.5) is 5.82 Å². The molecule has 0 saturated heterocycles. The quantitative estimate of drug-likeness (QED) is 0.532. The molecule has 0 amide bonds. The normalized spacial score (nSPS) is 15.1. The van der Waals surface area contributed by atoms with Crippen molar-refractivity contribution in [1.29, 1.82) is 0 Å². The lowest BCUT2D eigenvalue weighted by Gasteiger charge is -2.19. The van der Waals surface area contributed by atoms with Crippen LogP contribution in [0.25, 0.3) is 0 Å². The Kier molecular flexibility index (Phi) is 5.06. The molecule has 6 nitrogen and oxygen atoms in total. The molecular formula is C11H20N4O2S. The summed E-state index contributed by atoms with van der Waals surface area (Å²) in [5.74, 6) is 5.79. The van der Waals surface area contributed by atoms with Crippen molar-refractivity contribution in [2.45, 2.75) is 38.1 Å². The molecule has 1 aromatic heterocycles. The van der Waals surface area contributed by atoms with Gasteiger partial charge < -0.3 is 5.43 Å². The zero-order chi connectivity index (χ0) is 13.8. The molecule has 2 atom stereocenters. The van der Waals surface area contributed by atoms with Gasteiger partial charge in [0.2, 0.25) is 10.0 Å². The van der Waals surface area contributed by atoms with E-state index in [0.29, 0.717) is 5.82 Å². The summed E-state index contributed by atoms with van der Waals surface area (Å²) in [7, 11) is -3.53. The number of hydrazine groups is 1. The Bertz CT molecular complexity index is 490. The Balaban J connectivity index is 2.92. The van der Waals surface area contributed by atoms with Crippen LogP contribution in [0.3, 0.4) is 0 Å². The first-order valence-electron chi connectivity index (χ1n) is 5.85. The fourth-order valence-corrected chi connectivity index (χ4v) is 2.80. The fourth-order valence-electron chi connectivity index (χ4n) is 1.44. The summed E-state index contributed by atoms with van der Waals surface area (Å²) in [6.07, 6.45) is 2.31. The number of sulfonamides is 1. The van der Waals surface area contributed by atoms with Gasteiger partial charge in [0.25, 0.3) is 0 Å². The second kappa shape index (κ2) is 6.12. The van der Waals surface area contributed by atoms with E-state index in [-0.39, 0.29) is 16.9 Å². The number of nitrogens with two attached hydrogens (primary N) is 1. The van der Waals surface area contributed by atoms with E-state index >= 15 is 0 Å². The van der Waals surface area contributed by atoms with Crippen molar-refractivity contribution in [1.82, 2.24) is 9.71 Å². The molecule has 102 valence electrons. The van der Waals surface area contributed by atoms with Gasteiger partial charge in [0.1, 0.15) is 5.82 Å². The van der Waals surface area contributed by atoms with Gasteiger partial charge >= 0.3 is 0 Å². The number of nitrogen functional groups attached to an aromatic ring is 1. The Morgan fingerprint density at radius 2 is 2.11 bits per heavy atom. The third-order valence-electron chi connectivity index (χ3n) is 3.03. The van der Waals surface area contributed by atoms with Crippen LogP contribution in [0.2, 0.25) is 0 Å². The van der Waals surface area contributed by atoms with Crippen molar-refractivity contribution < 1.29 is 8.42 Å². The molecule has 0 fully saturated rings. The Morgan fingerprint density at radius 1 is 1.44 bits per heavy atom. The maximum atomic E-state index is 12.1. The summed E-state index contributed by atoms with van der Waals surface area (Å²) in [5, 5.41) is 0. The zero-order valence-electron chi connectivity index (χ0n) is 10.8. The lowest BCUT2D eigenvalue weighted by Crippen LogP contribution is -2.36. The van der Waals surface area contributed by atoms with Gasteiger partial charge in [-0.2, -0.15) is 0 Å². The molecule has 0 aromatic carbocycles. The molecule has 0 saturated carbocycles. The van der Waals surface area contributed by atoms with Crippen LogP contribution in [-0.2, 0) is 10.0 Å². The van der Waals surface area contributed by atoms with Crippen LogP contribution < -0.4 is 16.0 Å². The van der Waals surface area contributed by atoms with Crippen LogP contribution in [-0.4, -0.2) is 19.4 Å². The summed E-state index contributed by atoms with van der Waals surface area (Å²) < 4.78 is 26.9. The van der Waals surface area contributed by atoms with Crippen molar-refractivity contribution in [2.24, 2.45) is 11.8 Å². The van der Waals surface area contributed by atoms with Crippen molar-refractivity contribution >= 4 is 15.8 Å². The highest BCUT2D eigenvalue weighted by molar-refractivity contribution is 7.89. The number of hydrogen-bond donors (Lipinski definition) is 3. The number of hydrogen-bond acceptors (Lipinski definition) is 5. The maximum Gasteiger partial charge on any atom is 0.241 e. The van der Waals surface area contributed by atoms with Gasteiger partial charge in [-0.1, -0.05) is 20.3 Å². The summed E-state index contributed by atoms with van der Waals surface area (Å²) in [6.45, 7) is 5.89. The first-order valence-corrected chi connectivity index (χ1v) is 7.34. The molecule has 4 N–H and O–H groups in total. The highest BCUT2D eigenvalue weighted by atomic mass is 32.2. The van der Waals surface area contributed by atoms with Gasteiger partial charge in [-0.05, 0) is 18.9 Å². The molecule has 1 aromatic rings. The molecule has 1 rings (SSSR count). The van der Waals surface area contributed by atoms with E-state index in [9.17, 15) is 8.42 Å². The lowest BCUT2D eigenvalue weighted by molar-refractivity contribution is 0.434. The third-order valence-corrected chi connectivity index (χ3v) is 4.58. The van der Waals surface area contributed by atoms with E-state index in [4.69, 9.17) is 5.84 Å². The van der Waals surface area contributed by atoms with Crippen LogP contribution in [0.15, 0.2) is 23.2 Å². The summed E-state index contributed by atoms with van der Waals surface area (Å²) in [6, 6.07) is 2.71. The third kappa shape index (κ3) is 3.66. The Labute approximate surface area is 108 Å². The number of nitrogens with one attached hydrogen (secondary N) is 2. The van der Waals surface area contributed by atoms with E-state index < -0.39 is 10.0 Å². The minimum absolute atomic E-state index is 0.123. The van der Waals surface area contributed by atoms with Crippen LogP contribution in [0.5, 0.6) is 0 Å². The van der Waals surface area contributed by atoms with E-state index in [1.807, 2.05) is 20.8 Å². The zero-order valence-corrected chi connectivity index (χ0v) is 11.7. The number of aromatic nitrogens is 1. The predicted molar refractivity (Wildman–Crippen MR) is 71.3 cm³/mol. The summed E-state index contributed by atoms with van der Waals surface area (Å²) >= 11 is 0. The van der Waals surface area contributed by atoms with E-state index in [2.05, 4.69) is 15.1 Å². The predicted octanol–water partition coefficient (Wildman–Crippen LogP) is 1.08. The Morgan fingerprint density at radius 3 is 2.67 bits per heavy atom. The van der Waals surface area contributed by atoms with Crippen molar-refractivity contribution in [3.8, 4) is 0 Å². The first kappa shape index (κ1) is 14.9. The fraction of sp³-hybridized carbons (Fsp3) is 0.545.